The van der Waals surface area contributed by atoms with Crippen molar-refractivity contribution in [3.63, 3.8) is 0 Å². The summed E-state index contributed by atoms with van der Waals surface area (Å²) in [5.41, 5.74) is 1.29. The van der Waals surface area contributed by atoms with Crippen LogP contribution in [0.4, 0.5) is 0 Å². The molecule has 3 rings (SSSR count). The minimum atomic E-state index is 0.265. The van der Waals surface area contributed by atoms with Crippen LogP contribution in [0.2, 0.25) is 0 Å². The predicted octanol–water partition coefficient (Wildman–Crippen LogP) is 2.36. The van der Waals surface area contributed by atoms with Crippen LogP contribution in [0.15, 0.2) is 29.3 Å². The van der Waals surface area contributed by atoms with Gasteiger partial charge in [-0.05, 0) is 56.5 Å². The van der Waals surface area contributed by atoms with Crippen molar-refractivity contribution in [2.24, 2.45) is 10.9 Å². The van der Waals surface area contributed by atoms with E-state index < -0.39 is 0 Å². The Labute approximate surface area is 188 Å². The van der Waals surface area contributed by atoms with Crippen molar-refractivity contribution in [3.05, 3.63) is 29.8 Å². The lowest BCUT2D eigenvalue weighted by Gasteiger charge is -2.35. The first-order valence-corrected chi connectivity index (χ1v) is 11.9. The fourth-order valence-corrected chi connectivity index (χ4v) is 4.42. The Hall–Kier alpha value is -1.83. The topological polar surface area (TPSA) is 61.4 Å². The van der Waals surface area contributed by atoms with Gasteiger partial charge in [-0.15, -0.1) is 0 Å². The molecule has 174 valence electrons. The second-order valence-electron chi connectivity index (χ2n) is 8.65. The largest absolute Gasteiger partial charge is 0.497 e. The summed E-state index contributed by atoms with van der Waals surface area (Å²) in [4.78, 5) is 9.96. The van der Waals surface area contributed by atoms with Crippen molar-refractivity contribution in [3.8, 4) is 5.75 Å². The summed E-state index contributed by atoms with van der Waals surface area (Å²) in [6.45, 7) is 14.0. The lowest BCUT2D eigenvalue weighted by molar-refractivity contribution is 0.0170. The van der Waals surface area contributed by atoms with Crippen LogP contribution in [0.25, 0.3) is 0 Å². The molecule has 2 saturated heterocycles. The van der Waals surface area contributed by atoms with E-state index in [0.717, 1.165) is 64.2 Å². The van der Waals surface area contributed by atoms with Crippen molar-refractivity contribution >= 4 is 5.96 Å². The zero-order chi connectivity index (χ0) is 21.9. The van der Waals surface area contributed by atoms with E-state index in [1.807, 2.05) is 12.1 Å². The minimum Gasteiger partial charge on any atom is -0.497 e. The van der Waals surface area contributed by atoms with Crippen LogP contribution in [0.3, 0.4) is 0 Å². The molecule has 2 atom stereocenters. The van der Waals surface area contributed by atoms with Gasteiger partial charge in [-0.25, -0.2) is 0 Å². The average Bonchev–Trinajstić information content (AvgIpc) is 3.31. The fraction of sp³-hybridized carbons (Fsp3) is 0.708. The van der Waals surface area contributed by atoms with Crippen LogP contribution in [-0.2, 0) is 4.74 Å². The van der Waals surface area contributed by atoms with Gasteiger partial charge in [-0.2, -0.15) is 0 Å². The highest BCUT2D eigenvalue weighted by molar-refractivity contribution is 5.79. The zero-order valence-corrected chi connectivity index (χ0v) is 19.6. The van der Waals surface area contributed by atoms with E-state index >= 15 is 0 Å². The second kappa shape index (κ2) is 12.9. The molecule has 0 spiro atoms. The first-order valence-electron chi connectivity index (χ1n) is 11.9. The van der Waals surface area contributed by atoms with E-state index in [1.165, 1.54) is 31.5 Å². The number of aliphatic imine (C=N–C) groups is 1. The summed E-state index contributed by atoms with van der Waals surface area (Å²) in [6, 6.07) is 8.69. The third kappa shape index (κ3) is 7.66. The van der Waals surface area contributed by atoms with Gasteiger partial charge in [0.1, 0.15) is 5.75 Å². The SMILES string of the molecule is CCNC(=NCC(C)CN1CCCC1)NCC(c1ccc(OC)cc1)N1CCOCC1. The average molecular weight is 432 g/mol. The molecule has 0 amide bonds. The smallest absolute Gasteiger partial charge is 0.191 e. The maximum Gasteiger partial charge on any atom is 0.191 e. The number of rotatable bonds is 10. The Bertz CT molecular complexity index is 654. The van der Waals surface area contributed by atoms with Gasteiger partial charge in [0, 0.05) is 39.3 Å². The molecular weight excluding hydrogens is 390 g/mol. The molecule has 2 unspecified atom stereocenters. The number of guanidine groups is 1. The Morgan fingerprint density at radius 1 is 1.10 bits per heavy atom. The maximum atomic E-state index is 5.58. The first kappa shape index (κ1) is 23.8. The minimum absolute atomic E-state index is 0.265. The highest BCUT2D eigenvalue weighted by Crippen LogP contribution is 2.23. The summed E-state index contributed by atoms with van der Waals surface area (Å²) in [5.74, 6) is 2.35. The monoisotopic (exact) mass is 431 g/mol. The van der Waals surface area contributed by atoms with E-state index in [4.69, 9.17) is 14.5 Å². The standard InChI is InChI=1S/C24H41N5O2/c1-4-25-24(26-17-20(2)19-28-11-5-6-12-28)27-18-23(29-13-15-31-16-14-29)21-7-9-22(30-3)10-8-21/h7-10,20,23H,4-6,11-19H2,1-3H3,(H2,25,26,27). The van der Waals surface area contributed by atoms with Crippen LogP contribution in [0, 0.1) is 5.92 Å². The Morgan fingerprint density at radius 2 is 1.81 bits per heavy atom. The van der Waals surface area contributed by atoms with E-state index in [-0.39, 0.29) is 6.04 Å². The first-order chi connectivity index (χ1) is 15.2. The highest BCUT2D eigenvalue weighted by Gasteiger charge is 2.23. The molecule has 1 aromatic rings. The Morgan fingerprint density at radius 3 is 2.45 bits per heavy atom. The molecule has 7 nitrogen and oxygen atoms in total. The lowest BCUT2D eigenvalue weighted by atomic mass is 10.0. The number of likely N-dealkylation sites (tertiary alicyclic amines) is 1. The van der Waals surface area contributed by atoms with Gasteiger partial charge >= 0.3 is 0 Å². The van der Waals surface area contributed by atoms with Crippen molar-refractivity contribution in [2.45, 2.75) is 32.7 Å². The van der Waals surface area contributed by atoms with Crippen LogP contribution < -0.4 is 15.4 Å². The fourth-order valence-electron chi connectivity index (χ4n) is 4.42. The normalized spacial score (nSPS) is 20.4. The number of nitrogens with zero attached hydrogens (tertiary/aromatic N) is 3. The number of ether oxygens (including phenoxy) is 2. The van der Waals surface area contributed by atoms with E-state index in [9.17, 15) is 0 Å². The molecule has 1 aromatic carbocycles. The zero-order valence-electron chi connectivity index (χ0n) is 19.6. The maximum absolute atomic E-state index is 5.58. The van der Waals surface area contributed by atoms with Crippen LogP contribution >= 0.6 is 0 Å². The highest BCUT2D eigenvalue weighted by atomic mass is 16.5. The number of hydrogen-bond donors (Lipinski definition) is 2. The van der Waals surface area contributed by atoms with Gasteiger partial charge in [0.2, 0.25) is 0 Å². The summed E-state index contributed by atoms with van der Waals surface area (Å²) in [5, 5.41) is 7.03. The molecular formula is C24H41N5O2. The lowest BCUT2D eigenvalue weighted by Crippen LogP contribution is -2.46. The summed E-state index contributed by atoms with van der Waals surface area (Å²) >= 11 is 0. The predicted molar refractivity (Wildman–Crippen MR) is 127 cm³/mol. The van der Waals surface area contributed by atoms with Gasteiger partial charge in [0.05, 0.1) is 26.4 Å². The van der Waals surface area contributed by atoms with Crippen molar-refractivity contribution in [1.82, 2.24) is 20.4 Å². The second-order valence-corrected chi connectivity index (χ2v) is 8.65. The van der Waals surface area contributed by atoms with Gasteiger partial charge < -0.3 is 25.0 Å². The third-order valence-corrected chi connectivity index (χ3v) is 6.12. The summed E-state index contributed by atoms with van der Waals surface area (Å²) in [6.07, 6.45) is 2.68. The van der Waals surface area contributed by atoms with Gasteiger partial charge in [0.25, 0.3) is 0 Å². The molecule has 0 aliphatic carbocycles. The molecule has 7 heteroatoms. The summed E-state index contributed by atoms with van der Waals surface area (Å²) < 4.78 is 10.9. The molecule has 2 aliphatic rings. The van der Waals surface area contributed by atoms with Gasteiger partial charge in [-0.3, -0.25) is 9.89 Å². The molecule has 31 heavy (non-hydrogen) atoms. The number of hydrogen-bond acceptors (Lipinski definition) is 5. The summed E-state index contributed by atoms with van der Waals surface area (Å²) in [7, 11) is 1.71. The molecule has 0 radical (unpaired) electrons. The molecule has 2 N–H and O–H groups in total. The quantitative estimate of drug-likeness (QED) is 0.438. The number of benzene rings is 1. The Kier molecular flexibility index (Phi) is 9.90. The number of nitrogens with one attached hydrogen (secondary N) is 2. The molecule has 2 heterocycles. The molecule has 0 aromatic heterocycles. The van der Waals surface area contributed by atoms with Gasteiger partial charge in [0.15, 0.2) is 5.96 Å². The number of morpholine rings is 1. The van der Waals surface area contributed by atoms with Crippen molar-refractivity contribution in [2.75, 3.05) is 72.7 Å². The van der Waals surface area contributed by atoms with Crippen LogP contribution in [-0.4, -0.2) is 88.4 Å². The molecule has 2 fully saturated rings. The number of methoxy groups -OCH3 is 1. The van der Waals surface area contributed by atoms with Crippen molar-refractivity contribution in [1.29, 1.82) is 0 Å². The van der Waals surface area contributed by atoms with E-state index in [1.54, 1.807) is 7.11 Å². The van der Waals surface area contributed by atoms with Crippen molar-refractivity contribution < 1.29 is 9.47 Å². The van der Waals surface area contributed by atoms with E-state index in [0.29, 0.717) is 5.92 Å². The third-order valence-electron chi connectivity index (χ3n) is 6.12. The van der Waals surface area contributed by atoms with Crippen LogP contribution in [0.5, 0.6) is 5.75 Å². The van der Waals surface area contributed by atoms with E-state index in [2.05, 4.69) is 46.4 Å². The molecule has 0 bridgehead atoms. The molecule has 0 saturated carbocycles. The van der Waals surface area contributed by atoms with Crippen LogP contribution in [0.1, 0.15) is 38.3 Å². The molecule has 2 aliphatic heterocycles. The van der Waals surface area contributed by atoms with Gasteiger partial charge in [-0.1, -0.05) is 19.1 Å². The Balaban J connectivity index is 1.61.